The lowest BCUT2D eigenvalue weighted by Gasteiger charge is -2.14. The molecule has 1 amide bonds. The highest BCUT2D eigenvalue weighted by Gasteiger charge is 2.31. The second-order valence-electron chi connectivity index (χ2n) is 6.25. The predicted octanol–water partition coefficient (Wildman–Crippen LogP) is 2.26. The summed E-state index contributed by atoms with van der Waals surface area (Å²) in [6, 6.07) is 10.1. The zero-order valence-corrected chi connectivity index (χ0v) is 15.0. The lowest BCUT2D eigenvalue weighted by atomic mass is 9.99. The first-order chi connectivity index (χ1) is 12.5. The fraction of sp³-hybridized carbons (Fsp3) is 0.316. The first-order valence-electron chi connectivity index (χ1n) is 8.35. The molecule has 0 saturated carbocycles. The van der Waals surface area contributed by atoms with E-state index in [1.807, 2.05) is 19.1 Å². The Morgan fingerprint density at radius 2 is 1.96 bits per heavy atom. The van der Waals surface area contributed by atoms with E-state index in [1.54, 1.807) is 38.5 Å². The Kier molecular flexibility index (Phi) is 5.29. The van der Waals surface area contributed by atoms with Gasteiger partial charge < -0.3 is 19.9 Å². The van der Waals surface area contributed by atoms with E-state index in [4.69, 9.17) is 9.47 Å². The number of amides is 1. The second-order valence-corrected chi connectivity index (χ2v) is 6.25. The molecule has 1 aliphatic rings. The molecule has 2 aromatic carbocycles. The maximum absolute atomic E-state index is 12.6. The number of carbonyl (C=O) groups is 1. The number of carbonyl (C=O) groups excluding carboxylic acids is 1. The first-order valence-corrected chi connectivity index (χ1v) is 8.35. The van der Waals surface area contributed by atoms with Crippen molar-refractivity contribution in [2.75, 3.05) is 19.5 Å². The van der Waals surface area contributed by atoms with Crippen LogP contribution in [0.15, 0.2) is 36.4 Å². The number of phenols is 1. The molecule has 7 nitrogen and oxygen atoms in total. The number of hydrazine groups is 1. The summed E-state index contributed by atoms with van der Waals surface area (Å²) < 4.78 is 10.5. The zero-order valence-electron chi connectivity index (χ0n) is 15.0. The van der Waals surface area contributed by atoms with Crippen LogP contribution in [0.1, 0.15) is 23.6 Å². The van der Waals surface area contributed by atoms with E-state index >= 15 is 0 Å². The lowest BCUT2D eigenvalue weighted by molar-refractivity contribution is -0.117. The molecular weight excluding hydrogens is 334 g/mol. The number of aryl methyl sites for hydroxylation is 1. The molecule has 1 saturated heterocycles. The summed E-state index contributed by atoms with van der Waals surface area (Å²) in [6.07, 6.45) is 0.509. The van der Waals surface area contributed by atoms with Crippen LogP contribution in [-0.4, -0.2) is 31.3 Å². The van der Waals surface area contributed by atoms with Crippen LogP contribution >= 0.6 is 0 Å². The van der Waals surface area contributed by atoms with E-state index in [1.165, 1.54) is 0 Å². The Morgan fingerprint density at radius 1 is 1.15 bits per heavy atom. The average molecular weight is 357 g/mol. The highest BCUT2D eigenvalue weighted by Crippen LogP contribution is 2.32. The maximum Gasteiger partial charge on any atom is 0.243 e. The van der Waals surface area contributed by atoms with Crippen molar-refractivity contribution in [1.82, 2.24) is 10.9 Å². The van der Waals surface area contributed by atoms with E-state index in [9.17, 15) is 9.90 Å². The van der Waals surface area contributed by atoms with Gasteiger partial charge in [0.2, 0.25) is 5.91 Å². The van der Waals surface area contributed by atoms with E-state index in [-0.39, 0.29) is 17.7 Å². The first kappa shape index (κ1) is 18.0. The van der Waals surface area contributed by atoms with Gasteiger partial charge >= 0.3 is 0 Å². The Hall–Kier alpha value is -2.77. The molecule has 4 N–H and O–H groups in total. The van der Waals surface area contributed by atoms with Gasteiger partial charge in [0.25, 0.3) is 0 Å². The van der Waals surface area contributed by atoms with E-state index in [0.29, 0.717) is 23.6 Å². The van der Waals surface area contributed by atoms with Gasteiger partial charge in [0.15, 0.2) is 0 Å². The number of aromatic hydroxyl groups is 1. The molecular formula is C19H23N3O4. The van der Waals surface area contributed by atoms with Gasteiger partial charge in [-0.05, 0) is 37.1 Å². The molecule has 0 aliphatic carbocycles. The van der Waals surface area contributed by atoms with Crippen molar-refractivity contribution in [2.24, 2.45) is 0 Å². The summed E-state index contributed by atoms with van der Waals surface area (Å²) in [4.78, 5) is 12.6. The third kappa shape index (κ3) is 3.74. The number of anilines is 1. The molecule has 0 radical (unpaired) electrons. The van der Waals surface area contributed by atoms with Crippen LogP contribution in [0.5, 0.6) is 17.2 Å². The monoisotopic (exact) mass is 357 g/mol. The lowest BCUT2D eigenvalue weighted by Crippen LogP contribution is -2.39. The molecule has 0 bridgehead atoms. The molecule has 2 aromatic rings. The van der Waals surface area contributed by atoms with Gasteiger partial charge in [-0.1, -0.05) is 12.1 Å². The normalized spacial score (nSPS) is 19.2. The number of phenolic OH excluding ortho intramolecular Hbond substituents is 1. The predicted molar refractivity (Wildman–Crippen MR) is 98.4 cm³/mol. The minimum Gasteiger partial charge on any atom is -0.508 e. The van der Waals surface area contributed by atoms with Gasteiger partial charge in [-0.3, -0.25) is 4.79 Å². The van der Waals surface area contributed by atoms with Crippen molar-refractivity contribution in [3.63, 3.8) is 0 Å². The molecule has 1 aliphatic heterocycles. The van der Waals surface area contributed by atoms with Crippen LogP contribution in [0.3, 0.4) is 0 Å². The number of nitrogens with one attached hydrogen (secondary N) is 3. The average Bonchev–Trinajstić information content (AvgIpc) is 3.11. The maximum atomic E-state index is 12.6. The topological polar surface area (TPSA) is 91.9 Å². The molecule has 138 valence electrons. The van der Waals surface area contributed by atoms with Gasteiger partial charge in [-0.2, -0.15) is 0 Å². The number of benzene rings is 2. The molecule has 0 aromatic heterocycles. The second kappa shape index (κ2) is 7.63. The third-order valence-electron chi connectivity index (χ3n) is 4.45. The van der Waals surface area contributed by atoms with Crippen LogP contribution in [0.4, 0.5) is 5.69 Å². The molecule has 0 spiro atoms. The zero-order chi connectivity index (χ0) is 18.7. The molecule has 7 heteroatoms. The number of hydrogen-bond donors (Lipinski definition) is 4. The fourth-order valence-corrected chi connectivity index (χ4v) is 3.01. The summed E-state index contributed by atoms with van der Waals surface area (Å²) in [5.74, 6) is 1.21. The molecule has 2 atom stereocenters. The van der Waals surface area contributed by atoms with Crippen LogP contribution in [-0.2, 0) is 4.79 Å². The van der Waals surface area contributed by atoms with Crippen molar-refractivity contribution in [3.05, 3.63) is 47.5 Å². The van der Waals surface area contributed by atoms with Crippen molar-refractivity contribution >= 4 is 11.6 Å². The van der Waals surface area contributed by atoms with Crippen molar-refractivity contribution in [1.29, 1.82) is 0 Å². The Bertz CT molecular complexity index is 809. The fourth-order valence-electron chi connectivity index (χ4n) is 3.01. The molecule has 3 rings (SSSR count). The number of ether oxygens (including phenoxy) is 2. The van der Waals surface area contributed by atoms with Crippen LogP contribution in [0, 0.1) is 6.92 Å². The molecule has 1 fully saturated rings. The van der Waals surface area contributed by atoms with Crippen LogP contribution in [0.2, 0.25) is 0 Å². The van der Waals surface area contributed by atoms with Crippen molar-refractivity contribution < 1.29 is 19.4 Å². The Balaban J connectivity index is 1.70. The third-order valence-corrected chi connectivity index (χ3v) is 4.45. The van der Waals surface area contributed by atoms with E-state index in [2.05, 4.69) is 16.2 Å². The highest BCUT2D eigenvalue weighted by molar-refractivity contribution is 5.96. The van der Waals surface area contributed by atoms with Gasteiger partial charge in [0.1, 0.15) is 23.3 Å². The van der Waals surface area contributed by atoms with Gasteiger partial charge in [0.05, 0.1) is 25.9 Å². The Labute approximate surface area is 152 Å². The number of rotatable bonds is 5. The Morgan fingerprint density at radius 3 is 2.65 bits per heavy atom. The van der Waals surface area contributed by atoms with Crippen molar-refractivity contribution in [3.8, 4) is 17.2 Å². The summed E-state index contributed by atoms with van der Waals surface area (Å²) >= 11 is 0. The van der Waals surface area contributed by atoms with Crippen molar-refractivity contribution in [2.45, 2.75) is 25.4 Å². The molecule has 1 heterocycles. The standard InChI is InChI=1S/C19H23N3O4/c1-11-4-6-13(17(23)8-11)14-10-16(22-21-14)19(24)20-15-9-12(25-2)5-7-18(15)26-3/h4-9,14,16,21-23H,10H2,1-3H3,(H,20,24). The van der Waals surface area contributed by atoms with Gasteiger partial charge in [-0.25, -0.2) is 10.9 Å². The SMILES string of the molecule is COc1ccc(OC)c(NC(=O)C2CC(c3ccc(C)cc3O)NN2)c1. The summed E-state index contributed by atoms with van der Waals surface area (Å²) in [6.45, 7) is 1.92. The summed E-state index contributed by atoms with van der Waals surface area (Å²) in [7, 11) is 3.11. The van der Waals surface area contributed by atoms with Gasteiger partial charge in [-0.15, -0.1) is 0 Å². The minimum atomic E-state index is -0.448. The van der Waals surface area contributed by atoms with E-state index < -0.39 is 6.04 Å². The molecule has 2 unspecified atom stereocenters. The smallest absolute Gasteiger partial charge is 0.243 e. The largest absolute Gasteiger partial charge is 0.508 e. The molecule has 26 heavy (non-hydrogen) atoms. The van der Waals surface area contributed by atoms with Crippen LogP contribution in [0.25, 0.3) is 0 Å². The number of hydrogen-bond acceptors (Lipinski definition) is 6. The quantitative estimate of drug-likeness (QED) is 0.656. The minimum absolute atomic E-state index is 0.154. The van der Waals surface area contributed by atoms with E-state index in [0.717, 1.165) is 11.1 Å². The van der Waals surface area contributed by atoms with Crippen LogP contribution < -0.4 is 25.6 Å². The highest BCUT2D eigenvalue weighted by atomic mass is 16.5. The summed E-state index contributed by atoms with van der Waals surface area (Å²) in [5.41, 5.74) is 8.35. The summed E-state index contributed by atoms with van der Waals surface area (Å²) in [5, 5.41) is 13.0. The van der Waals surface area contributed by atoms with Gasteiger partial charge in [0, 0.05) is 11.6 Å². The number of methoxy groups -OCH3 is 2.